The fraction of sp³-hybridized carbons (Fsp3) is 0.333. The second-order valence-electron chi connectivity index (χ2n) is 5.15. The van der Waals surface area contributed by atoms with Crippen molar-refractivity contribution in [2.45, 2.75) is 25.7 Å². The van der Waals surface area contributed by atoms with Crippen molar-refractivity contribution in [2.75, 3.05) is 7.05 Å². The summed E-state index contributed by atoms with van der Waals surface area (Å²) in [6, 6.07) is 4.17. The SMILES string of the molecule is CC(C(=O)O)N(C)Cc1csc(-c2ccc(C(F)(F)F)cc2)n1. The average molecular weight is 344 g/mol. The Kier molecular flexibility index (Phi) is 5.06. The van der Waals surface area contributed by atoms with Crippen LogP contribution in [-0.4, -0.2) is 34.0 Å². The number of carboxylic acids is 1. The van der Waals surface area contributed by atoms with Crippen molar-refractivity contribution >= 4 is 17.3 Å². The highest BCUT2D eigenvalue weighted by Gasteiger charge is 2.30. The van der Waals surface area contributed by atoms with Crippen LogP contribution in [-0.2, 0) is 17.5 Å². The van der Waals surface area contributed by atoms with Gasteiger partial charge in [0.25, 0.3) is 0 Å². The van der Waals surface area contributed by atoms with Crippen LogP contribution in [0.15, 0.2) is 29.6 Å². The van der Waals surface area contributed by atoms with E-state index in [1.807, 2.05) is 0 Å². The van der Waals surface area contributed by atoms with Crippen LogP contribution < -0.4 is 0 Å². The predicted octanol–water partition coefficient (Wildman–Crippen LogP) is 3.73. The largest absolute Gasteiger partial charge is 0.480 e. The molecule has 0 aliphatic rings. The summed E-state index contributed by atoms with van der Waals surface area (Å²) in [5, 5.41) is 11.3. The highest BCUT2D eigenvalue weighted by atomic mass is 32.1. The summed E-state index contributed by atoms with van der Waals surface area (Å²) in [7, 11) is 1.68. The van der Waals surface area contributed by atoms with Crippen LogP contribution in [0, 0.1) is 0 Å². The van der Waals surface area contributed by atoms with Crippen LogP contribution in [0.5, 0.6) is 0 Å². The zero-order valence-corrected chi connectivity index (χ0v) is 13.3. The van der Waals surface area contributed by atoms with Gasteiger partial charge >= 0.3 is 12.1 Å². The Labute approximate surface area is 135 Å². The molecule has 0 fully saturated rings. The molecule has 4 nitrogen and oxygen atoms in total. The van der Waals surface area contributed by atoms with Gasteiger partial charge in [0.1, 0.15) is 11.0 Å². The summed E-state index contributed by atoms with van der Waals surface area (Å²) in [5.41, 5.74) is 0.580. The number of hydrogen-bond acceptors (Lipinski definition) is 4. The molecular weight excluding hydrogens is 329 g/mol. The minimum atomic E-state index is -4.36. The molecule has 1 atom stereocenters. The average Bonchev–Trinajstić information content (AvgIpc) is 2.94. The second kappa shape index (κ2) is 6.67. The van der Waals surface area contributed by atoms with E-state index in [0.717, 1.165) is 12.1 Å². The van der Waals surface area contributed by atoms with Crippen LogP contribution in [0.3, 0.4) is 0 Å². The van der Waals surface area contributed by atoms with Gasteiger partial charge in [0.05, 0.1) is 11.3 Å². The Balaban J connectivity index is 2.11. The number of carboxylic acid groups (broad SMARTS) is 1. The number of rotatable bonds is 5. The number of nitrogens with zero attached hydrogens (tertiary/aromatic N) is 2. The van der Waals surface area contributed by atoms with Gasteiger partial charge in [-0.1, -0.05) is 12.1 Å². The van der Waals surface area contributed by atoms with E-state index in [9.17, 15) is 18.0 Å². The van der Waals surface area contributed by atoms with Gasteiger partial charge in [-0.25, -0.2) is 4.98 Å². The normalized spacial score (nSPS) is 13.3. The number of aromatic nitrogens is 1. The van der Waals surface area contributed by atoms with Gasteiger partial charge in [0, 0.05) is 17.5 Å². The van der Waals surface area contributed by atoms with Gasteiger partial charge in [-0.15, -0.1) is 11.3 Å². The smallest absolute Gasteiger partial charge is 0.416 e. The number of benzene rings is 1. The maximum Gasteiger partial charge on any atom is 0.416 e. The molecule has 1 unspecified atom stereocenters. The summed E-state index contributed by atoms with van der Waals surface area (Å²) >= 11 is 1.31. The molecular formula is C15H15F3N2O2S. The maximum atomic E-state index is 12.5. The zero-order chi connectivity index (χ0) is 17.2. The van der Waals surface area contributed by atoms with Gasteiger partial charge in [0.15, 0.2) is 0 Å². The lowest BCUT2D eigenvalue weighted by Gasteiger charge is -2.19. The van der Waals surface area contributed by atoms with E-state index < -0.39 is 23.8 Å². The summed E-state index contributed by atoms with van der Waals surface area (Å²) in [6.07, 6.45) is -4.36. The third-order valence-corrected chi connectivity index (χ3v) is 4.38. The predicted molar refractivity (Wildman–Crippen MR) is 81.1 cm³/mol. The molecule has 0 radical (unpaired) electrons. The van der Waals surface area contributed by atoms with Crippen LogP contribution in [0.2, 0.25) is 0 Å². The van der Waals surface area contributed by atoms with Gasteiger partial charge in [0.2, 0.25) is 0 Å². The third kappa shape index (κ3) is 4.29. The van der Waals surface area contributed by atoms with E-state index >= 15 is 0 Å². The number of likely N-dealkylation sites (N-methyl/N-ethyl adjacent to an activating group) is 1. The first-order valence-electron chi connectivity index (χ1n) is 6.73. The first-order chi connectivity index (χ1) is 10.7. The van der Waals surface area contributed by atoms with Crippen molar-refractivity contribution in [3.63, 3.8) is 0 Å². The Morgan fingerprint density at radius 1 is 1.35 bits per heavy atom. The summed E-state index contributed by atoms with van der Waals surface area (Å²) in [6.45, 7) is 1.93. The molecule has 0 saturated carbocycles. The Hall–Kier alpha value is -1.93. The number of alkyl halides is 3. The molecule has 0 amide bonds. The summed E-state index contributed by atoms with van der Waals surface area (Å²) in [5.74, 6) is -0.925. The molecule has 8 heteroatoms. The van der Waals surface area contributed by atoms with Gasteiger partial charge in [-0.3, -0.25) is 9.69 Å². The highest BCUT2D eigenvalue weighted by molar-refractivity contribution is 7.13. The molecule has 0 spiro atoms. The van der Waals surface area contributed by atoms with Crippen molar-refractivity contribution in [1.82, 2.24) is 9.88 Å². The van der Waals surface area contributed by atoms with Crippen molar-refractivity contribution in [2.24, 2.45) is 0 Å². The van der Waals surface area contributed by atoms with E-state index in [1.165, 1.54) is 23.5 Å². The number of halogens is 3. The maximum absolute atomic E-state index is 12.5. The number of thiazole rings is 1. The zero-order valence-electron chi connectivity index (χ0n) is 12.5. The number of hydrogen-bond donors (Lipinski definition) is 1. The standard InChI is InChI=1S/C15H15F3N2O2S/c1-9(14(21)22)20(2)7-12-8-23-13(19-12)10-3-5-11(6-4-10)15(16,17)18/h3-6,8-9H,7H2,1-2H3,(H,21,22). The molecule has 2 aromatic rings. The highest BCUT2D eigenvalue weighted by Crippen LogP contribution is 2.31. The van der Waals surface area contributed by atoms with E-state index in [2.05, 4.69) is 4.98 Å². The molecule has 23 heavy (non-hydrogen) atoms. The molecule has 1 aromatic carbocycles. The molecule has 124 valence electrons. The lowest BCUT2D eigenvalue weighted by atomic mass is 10.1. The van der Waals surface area contributed by atoms with Crippen LogP contribution in [0.4, 0.5) is 13.2 Å². The second-order valence-corrected chi connectivity index (χ2v) is 6.01. The summed E-state index contributed by atoms with van der Waals surface area (Å²) in [4.78, 5) is 16.9. The topological polar surface area (TPSA) is 53.4 Å². The summed E-state index contributed by atoms with van der Waals surface area (Å²) < 4.78 is 37.6. The van der Waals surface area contributed by atoms with E-state index in [-0.39, 0.29) is 0 Å². The molecule has 0 bridgehead atoms. The lowest BCUT2D eigenvalue weighted by molar-refractivity contribution is -0.142. The Bertz CT molecular complexity index is 683. The molecule has 0 saturated heterocycles. The van der Waals surface area contributed by atoms with Gasteiger partial charge in [-0.2, -0.15) is 13.2 Å². The fourth-order valence-electron chi connectivity index (χ4n) is 1.89. The van der Waals surface area contributed by atoms with Crippen LogP contribution in [0.25, 0.3) is 10.6 Å². The number of aliphatic carboxylic acids is 1. The van der Waals surface area contributed by atoms with Crippen molar-refractivity contribution in [3.8, 4) is 10.6 Å². The molecule has 1 aromatic heterocycles. The van der Waals surface area contributed by atoms with Crippen LogP contribution >= 0.6 is 11.3 Å². The van der Waals surface area contributed by atoms with Crippen LogP contribution in [0.1, 0.15) is 18.2 Å². The molecule has 0 aliphatic heterocycles. The van der Waals surface area contributed by atoms with Crippen molar-refractivity contribution in [1.29, 1.82) is 0 Å². The fourth-order valence-corrected chi connectivity index (χ4v) is 2.71. The quantitative estimate of drug-likeness (QED) is 0.898. The van der Waals surface area contributed by atoms with Crippen molar-refractivity contribution in [3.05, 3.63) is 40.9 Å². The van der Waals surface area contributed by atoms with E-state index in [1.54, 1.807) is 24.3 Å². The van der Waals surface area contributed by atoms with Gasteiger partial charge < -0.3 is 5.11 Å². The van der Waals surface area contributed by atoms with E-state index in [4.69, 9.17) is 5.11 Å². The lowest BCUT2D eigenvalue weighted by Crippen LogP contribution is -2.35. The first-order valence-corrected chi connectivity index (χ1v) is 7.61. The van der Waals surface area contributed by atoms with E-state index in [0.29, 0.717) is 22.8 Å². The third-order valence-electron chi connectivity index (χ3n) is 3.44. The molecule has 0 aliphatic carbocycles. The molecule has 1 heterocycles. The monoisotopic (exact) mass is 344 g/mol. The molecule has 2 rings (SSSR count). The number of carbonyl (C=O) groups is 1. The minimum absolute atomic E-state index is 0.352. The first kappa shape index (κ1) is 17.4. The van der Waals surface area contributed by atoms with Gasteiger partial charge in [-0.05, 0) is 26.1 Å². The Morgan fingerprint density at radius 2 is 1.96 bits per heavy atom. The molecule has 1 N–H and O–H groups in total. The Morgan fingerprint density at radius 3 is 2.48 bits per heavy atom. The minimum Gasteiger partial charge on any atom is -0.480 e. The van der Waals surface area contributed by atoms with Crippen molar-refractivity contribution < 1.29 is 23.1 Å².